The zero-order valence-electron chi connectivity index (χ0n) is 18.7. The fourth-order valence-electron chi connectivity index (χ4n) is 5.01. The normalized spacial score (nSPS) is 18.4. The summed E-state index contributed by atoms with van der Waals surface area (Å²) in [7, 11) is 3.41. The fraction of sp³-hybridized carbons (Fsp3) is 0.565. The third-order valence-corrected chi connectivity index (χ3v) is 6.80. The standard InChI is InChI=1S/C23H30N6O3/c1-28-21-18(19(27-28)14-6-4-3-5-7-14)22(31)26-20(25-21)16-8-9-17(24-23(16)32-2)29-12-10-15(30)11-13-29/h8-9,14-15,30H,3-7,10-13H2,1-2H3,(H,25,26,31). The van der Waals surface area contributed by atoms with Crippen LogP contribution in [0.1, 0.15) is 56.6 Å². The molecule has 0 spiro atoms. The van der Waals surface area contributed by atoms with E-state index in [0.29, 0.717) is 34.2 Å². The van der Waals surface area contributed by atoms with Gasteiger partial charge in [0.2, 0.25) is 5.88 Å². The molecule has 1 saturated heterocycles. The molecule has 0 atom stereocenters. The summed E-state index contributed by atoms with van der Waals surface area (Å²) in [5.74, 6) is 1.94. The van der Waals surface area contributed by atoms with Gasteiger partial charge in [-0.25, -0.2) is 9.67 Å². The van der Waals surface area contributed by atoms with E-state index in [2.05, 4.69) is 14.9 Å². The number of hydrogen-bond acceptors (Lipinski definition) is 7. The van der Waals surface area contributed by atoms with Gasteiger partial charge < -0.3 is 19.7 Å². The lowest BCUT2D eigenvalue weighted by molar-refractivity contribution is 0.145. The smallest absolute Gasteiger partial charge is 0.262 e. The monoisotopic (exact) mass is 438 g/mol. The second kappa shape index (κ2) is 8.54. The molecule has 9 nitrogen and oxygen atoms in total. The predicted molar refractivity (Wildman–Crippen MR) is 122 cm³/mol. The largest absolute Gasteiger partial charge is 0.480 e. The van der Waals surface area contributed by atoms with Crippen LogP contribution in [0.25, 0.3) is 22.4 Å². The van der Waals surface area contributed by atoms with Crippen molar-refractivity contribution < 1.29 is 9.84 Å². The Hall–Kier alpha value is -2.94. The zero-order valence-corrected chi connectivity index (χ0v) is 18.7. The highest BCUT2D eigenvalue weighted by Crippen LogP contribution is 2.35. The summed E-state index contributed by atoms with van der Waals surface area (Å²) in [6.07, 6.45) is 6.95. The summed E-state index contributed by atoms with van der Waals surface area (Å²) in [5, 5.41) is 15.1. The number of nitrogens with one attached hydrogen (secondary N) is 1. The number of aliphatic hydroxyl groups is 1. The van der Waals surface area contributed by atoms with Crippen molar-refractivity contribution in [2.75, 3.05) is 25.1 Å². The van der Waals surface area contributed by atoms with Crippen LogP contribution < -0.4 is 15.2 Å². The van der Waals surface area contributed by atoms with Crippen molar-refractivity contribution in [2.45, 2.75) is 57.0 Å². The molecule has 170 valence electrons. The van der Waals surface area contributed by atoms with E-state index in [1.54, 1.807) is 11.8 Å². The number of aromatic nitrogens is 5. The van der Waals surface area contributed by atoms with Gasteiger partial charge in [-0.2, -0.15) is 10.1 Å². The van der Waals surface area contributed by atoms with Gasteiger partial charge in [0.05, 0.1) is 24.5 Å². The van der Waals surface area contributed by atoms with Gasteiger partial charge in [-0.1, -0.05) is 19.3 Å². The molecular weight excluding hydrogens is 408 g/mol. The van der Waals surface area contributed by atoms with E-state index >= 15 is 0 Å². The summed E-state index contributed by atoms with van der Waals surface area (Å²) in [4.78, 5) is 27.7. The highest BCUT2D eigenvalue weighted by Gasteiger charge is 2.25. The van der Waals surface area contributed by atoms with Crippen LogP contribution in [0, 0.1) is 0 Å². The van der Waals surface area contributed by atoms with Gasteiger partial charge in [-0.05, 0) is 37.8 Å². The molecule has 9 heteroatoms. The molecule has 0 unspecified atom stereocenters. The number of pyridine rings is 1. The number of H-pyrrole nitrogens is 1. The van der Waals surface area contributed by atoms with Gasteiger partial charge in [0.25, 0.3) is 5.56 Å². The van der Waals surface area contributed by atoms with Gasteiger partial charge in [0.1, 0.15) is 17.0 Å². The minimum atomic E-state index is -0.245. The van der Waals surface area contributed by atoms with E-state index in [1.807, 2.05) is 19.2 Å². The molecule has 5 rings (SSSR count). The Bertz CT molecular complexity index is 1170. The van der Waals surface area contributed by atoms with Gasteiger partial charge in [0, 0.05) is 26.1 Å². The molecule has 2 N–H and O–H groups in total. The van der Waals surface area contributed by atoms with E-state index in [0.717, 1.165) is 50.3 Å². The number of methoxy groups -OCH3 is 1. The molecule has 2 aliphatic rings. The number of ether oxygens (including phenoxy) is 1. The van der Waals surface area contributed by atoms with Crippen molar-refractivity contribution >= 4 is 16.9 Å². The number of rotatable bonds is 4. The van der Waals surface area contributed by atoms with Crippen LogP contribution in [0.5, 0.6) is 5.88 Å². The Kier molecular flexibility index (Phi) is 5.58. The first-order valence-corrected chi connectivity index (χ1v) is 11.5. The van der Waals surface area contributed by atoms with Gasteiger partial charge >= 0.3 is 0 Å². The van der Waals surface area contributed by atoms with Crippen molar-refractivity contribution in [3.8, 4) is 17.3 Å². The summed E-state index contributed by atoms with van der Waals surface area (Å²) in [6.45, 7) is 1.49. The van der Waals surface area contributed by atoms with Gasteiger partial charge in [0.15, 0.2) is 5.65 Å². The molecule has 1 saturated carbocycles. The molecule has 0 aromatic carbocycles. The number of piperidine rings is 1. The molecule has 0 amide bonds. The van der Waals surface area contributed by atoms with Crippen molar-refractivity contribution in [2.24, 2.45) is 7.05 Å². The van der Waals surface area contributed by atoms with Crippen LogP contribution >= 0.6 is 0 Å². The predicted octanol–water partition coefficient (Wildman–Crippen LogP) is 2.74. The number of aryl methyl sites for hydroxylation is 1. The van der Waals surface area contributed by atoms with Crippen molar-refractivity contribution in [1.82, 2.24) is 24.7 Å². The Morgan fingerprint density at radius 2 is 1.84 bits per heavy atom. The summed E-state index contributed by atoms with van der Waals surface area (Å²) in [5.41, 5.74) is 1.92. The lowest BCUT2D eigenvalue weighted by atomic mass is 9.86. The Morgan fingerprint density at radius 1 is 1.09 bits per heavy atom. The minimum absolute atomic E-state index is 0.171. The molecule has 3 aromatic heterocycles. The average molecular weight is 439 g/mol. The molecule has 2 fully saturated rings. The number of fused-ring (bicyclic) bond motifs is 1. The third kappa shape index (κ3) is 3.74. The van der Waals surface area contributed by atoms with Crippen molar-refractivity contribution in [3.05, 3.63) is 28.2 Å². The molecule has 32 heavy (non-hydrogen) atoms. The first kappa shape index (κ1) is 20.9. The molecule has 3 aromatic rings. The van der Waals surface area contributed by atoms with Crippen LogP contribution in [0.4, 0.5) is 5.82 Å². The average Bonchev–Trinajstić information content (AvgIpc) is 3.16. The second-order valence-electron chi connectivity index (χ2n) is 8.90. The van der Waals surface area contributed by atoms with Crippen LogP contribution in [0.2, 0.25) is 0 Å². The summed E-state index contributed by atoms with van der Waals surface area (Å²) in [6, 6.07) is 3.80. The number of hydrogen-bond donors (Lipinski definition) is 2. The van der Waals surface area contributed by atoms with Gasteiger partial charge in [-0.3, -0.25) is 4.79 Å². The van der Waals surface area contributed by atoms with Crippen LogP contribution in [-0.2, 0) is 7.05 Å². The number of anilines is 1. The highest BCUT2D eigenvalue weighted by atomic mass is 16.5. The second-order valence-corrected chi connectivity index (χ2v) is 8.90. The Balaban J connectivity index is 1.53. The quantitative estimate of drug-likeness (QED) is 0.645. The van der Waals surface area contributed by atoms with Crippen LogP contribution in [0.15, 0.2) is 16.9 Å². The summed E-state index contributed by atoms with van der Waals surface area (Å²) < 4.78 is 7.28. The first-order chi connectivity index (χ1) is 15.5. The first-order valence-electron chi connectivity index (χ1n) is 11.5. The zero-order chi connectivity index (χ0) is 22.2. The van der Waals surface area contributed by atoms with E-state index in [-0.39, 0.29) is 11.7 Å². The number of aliphatic hydroxyl groups excluding tert-OH is 1. The maximum atomic E-state index is 13.2. The van der Waals surface area contributed by atoms with E-state index < -0.39 is 0 Å². The van der Waals surface area contributed by atoms with Gasteiger partial charge in [-0.15, -0.1) is 0 Å². The third-order valence-electron chi connectivity index (χ3n) is 6.80. The molecule has 0 radical (unpaired) electrons. The molecule has 4 heterocycles. The lowest BCUT2D eigenvalue weighted by Gasteiger charge is -2.30. The van der Waals surface area contributed by atoms with E-state index in [9.17, 15) is 9.90 Å². The topological polar surface area (TPSA) is 109 Å². The van der Waals surface area contributed by atoms with Crippen LogP contribution in [-0.4, -0.2) is 56.1 Å². The van der Waals surface area contributed by atoms with Crippen molar-refractivity contribution in [3.63, 3.8) is 0 Å². The highest BCUT2D eigenvalue weighted by molar-refractivity contribution is 5.80. The van der Waals surface area contributed by atoms with E-state index in [1.165, 1.54) is 19.3 Å². The summed E-state index contributed by atoms with van der Waals surface area (Å²) >= 11 is 0. The molecule has 1 aliphatic heterocycles. The lowest BCUT2D eigenvalue weighted by Crippen LogP contribution is -2.36. The minimum Gasteiger partial charge on any atom is -0.480 e. The Labute approximate surface area is 186 Å². The fourth-order valence-corrected chi connectivity index (χ4v) is 5.01. The number of nitrogens with zero attached hydrogens (tertiary/aromatic N) is 5. The molecule has 0 bridgehead atoms. The SMILES string of the molecule is COc1nc(N2CCC(O)CC2)ccc1-c1nc2c(c(C3CCCCC3)nn2C)c(=O)[nH]1. The molecule has 1 aliphatic carbocycles. The molecular formula is C23H30N6O3. The van der Waals surface area contributed by atoms with Crippen LogP contribution in [0.3, 0.4) is 0 Å². The Morgan fingerprint density at radius 3 is 2.56 bits per heavy atom. The van der Waals surface area contributed by atoms with Crippen molar-refractivity contribution in [1.29, 1.82) is 0 Å². The maximum Gasteiger partial charge on any atom is 0.262 e. The van der Waals surface area contributed by atoms with E-state index in [4.69, 9.17) is 14.8 Å². The maximum absolute atomic E-state index is 13.2. The number of aromatic amines is 1.